The van der Waals surface area contributed by atoms with Gasteiger partial charge in [-0.2, -0.15) is 0 Å². The summed E-state index contributed by atoms with van der Waals surface area (Å²) in [5.74, 6) is -0.269. The number of allylic oxidation sites excluding steroid dienone is 1. The monoisotopic (exact) mass is 264 g/mol. The summed E-state index contributed by atoms with van der Waals surface area (Å²) in [6.45, 7) is 6.01. The molecule has 2 saturated heterocycles. The summed E-state index contributed by atoms with van der Waals surface area (Å²) >= 11 is 0. The Hall–Kier alpha value is -1.13. The largest absolute Gasteiger partial charge is 0.455 e. The van der Waals surface area contributed by atoms with E-state index in [9.17, 15) is 9.90 Å². The van der Waals surface area contributed by atoms with Crippen LogP contribution in [-0.2, 0) is 14.3 Å². The van der Waals surface area contributed by atoms with Crippen LogP contribution in [0.3, 0.4) is 0 Å². The fourth-order valence-electron chi connectivity index (χ4n) is 3.26. The molecule has 4 atom stereocenters. The third kappa shape index (κ3) is 2.13. The number of epoxide rings is 1. The molecule has 0 amide bonds. The van der Waals surface area contributed by atoms with Gasteiger partial charge in [-0.25, -0.2) is 4.79 Å². The van der Waals surface area contributed by atoms with E-state index in [1.165, 1.54) is 0 Å². The summed E-state index contributed by atoms with van der Waals surface area (Å²) < 4.78 is 11.3. The topological polar surface area (TPSA) is 59.1 Å². The average Bonchev–Trinajstić information content (AvgIpc) is 2.97. The number of carbonyl (C=O) groups is 1. The van der Waals surface area contributed by atoms with Crippen LogP contribution in [0.4, 0.5) is 0 Å². The first-order chi connectivity index (χ1) is 9.05. The molecule has 2 fully saturated rings. The quantitative estimate of drug-likeness (QED) is 0.339. The van der Waals surface area contributed by atoms with Gasteiger partial charge in [-0.3, -0.25) is 0 Å². The second-order valence-electron chi connectivity index (χ2n) is 5.95. The summed E-state index contributed by atoms with van der Waals surface area (Å²) in [6, 6.07) is 0. The number of aliphatic hydroxyl groups excluding tert-OH is 1. The van der Waals surface area contributed by atoms with Gasteiger partial charge in [0.05, 0.1) is 12.2 Å². The Labute approximate surface area is 113 Å². The highest BCUT2D eigenvalue weighted by Crippen LogP contribution is 2.49. The Bertz CT molecular complexity index is 453. The lowest BCUT2D eigenvalue weighted by atomic mass is 9.84. The highest BCUT2D eigenvalue weighted by Gasteiger charge is 2.61. The third-order valence-corrected chi connectivity index (χ3v) is 4.64. The van der Waals surface area contributed by atoms with E-state index in [1.54, 1.807) is 0 Å². The first-order valence-corrected chi connectivity index (χ1v) is 6.91. The summed E-state index contributed by atoms with van der Waals surface area (Å²) in [5.41, 5.74) is 1.40. The third-order valence-electron chi connectivity index (χ3n) is 4.64. The lowest BCUT2D eigenvalue weighted by Crippen LogP contribution is -2.29. The van der Waals surface area contributed by atoms with Gasteiger partial charge in [-0.1, -0.05) is 12.7 Å². The van der Waals surface area contributed by atoms with Crippen molar-refractivity contribution in [3.05, 3.63) is 23.8 Å². The van der Waals surface area contributed by atoms with Gasteiger partial charge >= 0.3 is 5.97 Å². The summed E-state index contributed by atoms with van der Waals surface area (Å²) in [6.07, 6.45) is 5.29. The molecular weight excluding hydrogens is 244 g/mol. The second-order valence-corrected chi connectivity index (χ2v) is 5.95. The van der Waals surface area contributed by atoms with E-state index >= 15 is 0 Å². The van der Waals surface area contributed by atoms with Gasteiger partial charge < -0.3 is 14.6 Å². The van der Waals surface area contributed by atoms with E-state index in [0.717, 1.165) is 31.3 Å². The molecule has 4 heteroatoms. The van der Waals surface area contributed by atoms with Gasteiger partial charge in [-0.15, -0.1) is 0 Å². The fourth-order valence-corrected chi connectivity index (χ4v) is 3.26. The van der Waals surface area contributed by atoms with E-state index in [1.807, 2.05) is 0 Å². The van der Waals surface area contributed by atoms with Crippen molar-refractivity contribution in [3.8, 4) is 0 Å². The highest BCUT2D eigenvalue weighted by molar-refractivity contribution is 5.91. The molecule has 0 bridgehead atoms. The highest BCUT2D eigenvalue weighted by atomic mass is 16.6. The Kier molecular flexibility index (Phi) is 3.02. The summed E-state index contributed by atoms with van der Waals surface area (Å²) in [7, 11) is 0. The van der Waals surface area contributed by atoms with Crippen LogP contribution in [0.15, 0.2) is 23.8 Å². The van der Waals surface area contributed by atoms with Gasteiger partial charge in [0.1, 0.15) is 12.2 Å². The minimum absolute atomic E-state index is 0.00442. The molecular formula is C15H20O4. The van der Waals surface area contributed by atoms with Crippen molar-refractivity contribution in [2.24, 2.45) is 5.92 Å². The second kappa shape index (κ2) is 4.46. The first-order valence-electron chi connectivity index (χ1n) is 6.91. The van der Waals surface area contributed by atoms with E-state index in [2.05, 4.69) is 19.6 Å². The minimum atomic E-state index is -0.290. The molecule has 0 saturated carbocycles. The van der Waals surface area contributed by atoms with Gasteiger partial charge in [-0.05, 0) is 38.2 Å². The number of hydrogen-bond acceptors (Lipinski definition) is 4. The summed E-state index contributed by atoms with van der Waals surface area (Å²) in [4.78, 5) is 11.7. The number of aliphatic hydroxyl groups is 1. The smallest absolute Gasteiger partial charge is 0.334 e. The van der Waals surface area contributed by atoms with Crippen LogP contribution >= 0.6 is 0 Å². The standard InChI is InChI=1S/C15H20O4/c1-9-11-6-5-10(8-16)4-3-7-15(2)13(19-15)12(11)18-14(9)17/h4,11-13,16H,1,3,5-8H2,2H3/b10-4-/t11-,12-,13+,15+/m0/s1. The van der Waals surface area contributed by atoms with Gasteiger partial charge in [0, 0.05) is 11.5 Å². The number of ether oxygens (including phenoxy) is 2. The molecule has 0 unspecified atom stereocenters. The molecule has 0 aromatic rings. The van der Waals surface area contributed by atoms with Crippen molar-refractivity contribution in [3.63, 3.8) is 0 Å². The lowest BCUT2D eigenvalue weighted by Gasteiger charge is -2.19. The Morgan fingerprint density at radius 2 is 2.37 bits per heavy atom. The van der Waals surface area contributed by atoms with Crippen molar-refractivity contribution < 1.29 is 19.4 Å². The number of esters is 1. The number of rotatable bonds is 1. The molecule has 1 aliphatic carbocycles. The zero-order valence-corrected chi connectivity index (χ0v) is 11.2. The number of fused-ring (bicyclic) bond motifs is 3. The molecule has 0 aromatic heterocycles. The van der Waals surface area contributed by atoms with Crippen molar-refractivity contribution in [1.82, 2.24) is 0 Å². The van der Waals surface area contributed by atoms with Crippen LogP contribution in [0.2, 0.25) is 0 Å². The molecule has 2 heterocycles. The molecule has 0 spiro atoms. The predicted molar refractivity (Wildman–Crippen MR) is 69.4 cm³/mol. The first kappa shape index (κ1) is 12.9. The maximum absolute atomic E-state index is 11.7. The van der Waals surface area contributed by atoms with Crippen molar-refractivity contribution in [2.45, 2.75) is 50.4 Å². The maximum atomic E-state index is 11.7. The number of hydrogen-bond donors (Lipinski definition) is 1. The SMILES string of the molecule is C=C1C(=O)O[C@@H]2[C@H]3O[C@]3(C)CC/C=C(\CO)CC[C@@H]12. The molecule has 0 aromatic carbocycles. The number of carbonyl (C=O) groups excluding carboxylic acids is 1. The molecule has 104 valence electrons. The molecule has 3 aliphatic rings. The summed E-state index contributed by atoms with van der Waals surface area (Å²) in [5, 5.41) is 9.35. The molecule has 1 N–H and O–H groups in total. The van der Waals surface area contributed by atoms with Gasteiger partial charge in [0.15, 0.2) is 0 Å². The normalized spacial score (nSPS) is 44.7. The minimum Gasteiger partial charge on any atom is -0.455 e. The van der Waals surface area contributed by atoms with Crippen LogP contribution in [0, 0.1) is 5.92 Å². The molecule has 0 radical (unpaired) electrons. The predicted octanol–water partition coefficient (Wildman–Crippen LogP) is 1.73. The average molecular weight is 264 g/mol. The van der Waals surface area contributed by atoms with Crippen LogP contribution in [-0.4, -0.2) is 35.5 Å². The Morgan fingerprint density at radius 3 is 3.11 bits per heavy atom. The molecule has 19 heavy (non-hydrogen) atoms. The molecule has 2 aliphatic heterocycles. The Balaban J connectivity index is 1.86. The van der Waals surface area contributed by atoms with E-state index < -0.39 is 0 Å². The van der Waals surface area contributed by atoms with Gasteiger partial charge in [0.2, 0.25) is 0 Å². The van der Waals surface area contributed by atoms with Crippen molar-refractivity contribution in [1.29, 1.82) is 0 Å². The van der Waals surface area contributed by atoms with Crippen LogP contribution in [0.1, 0.15) is 32.6 Å². The van der Waals surface area contributed by atoms with Crippen molar-refractivity contribution >= 4 is 5.97 Å². The van der Waals surface area contributed by atoms with Crippen molar-refractivity contribution in [2.75, 3.05) is 6.61 Å². The zero-order chi connectivity index (χ0) is 13.6. The van der Waals surface area contributed by atoms with Crippen LogP contribution < -0.4 is 0 Å². The zero-order valence-electron chi connectivity index (χ0n) is 11.2. The Morgan fingerprint density at radius 1 is 1.58 bits per heavy atom. The van der Waals surface area contributed by atoms with Gasteiger partial charge in [0.25, 0.3) is 0 Å². The van der Waals surface area contributed by atoms with E-state index in [-0.39, 0.29) is 36.3 Å². The van der Waals surface area contributed by atoms with E-state index in [4.69, 9.17) is 9.47 Å². The van der Waals surface area contributed by atoms with Crippen LogP contribution in [0.5, 0.6) is 0 Å². The fraction of sp³-hybridized carbons (Fsp3) is 0.667. The maximum Gasteiger partial charge on any atom is 0.334 e. The van der Waals surface area contributed by atoms with Crippen LogP contribution in [0.25, 0.3) is 0 Å². The van der Waals surface area contributed by atoms with E-state index in [0.29, 0.717) is 5.57 Å². The molecule has 3 rings (SSSR count). The lowest BCUT2D eigenvalue weighted by molar-refractivity contribution is -0.140. The molecule has 4 nitrogen and oxygen atoms in total.